The molecule has 1 aliphatic heterocycles. The van der Waals surface area contributed by atoms with Crippen molar-refractivity contribution in [1.82, 2.24) is 5.32 Å². The van der Waals surface area contributed by atoms with Crippen molar-refractivity contribution in [3.05, 3.63) is 0 Å². The molecule has 1 aliphatic carbocycles. The fourth-order valence-corrected chi connectivity index (χ4v) is 2.08. The second-order valence-corrected chi connectivity index (χ2v) is 4.97. The first-order chi connectivity index (χ1) is 7.49. The van der Waals surface area contributed by atoms with Crippen LogP contribution in [0.15, 0.2) is 0 Å². The molecule has 1 saturated heterocycles. The zero-order valence-electron chi connectivity index (χ0n) is 9.41. The summed E-state index contributed by atoms with van der Waals surface area (Å²) in [6, 6.07) is 0. The van der Waals surface area contributed by atoms with E-state index in [1.807, 2.05) is 6.92 Å². The molecule has 1 heterocycles. The van der Waals surface area contributed by atoms with Crippen LogP contribution in [-0.4, -0.2) is 35.7 Å². The highest BCUT2D eigenvalue weighted by Gasteiger charge is 2.57. The lowest BCUT2D eigenvalue weighted by Crippen LogP contribution is -2.45. The van der Waals surface area contributed by atoms with Gasteiger partial charge >= 0.3 is 5.97 Å². The van der Waals surface area contributed by atoms with Crippen molar-refractivity contribution in [2.45, 2.75) is 38.2 Å². The summed E-state index contributed by atoms with van der Waals surface area (Å²) in [5.41, 5.74) is -1.46. The van der Waals surface area contributed by atoms with Crippen LogP contribution in [0.2, 0.25) is 0 Å². The van der Waals surface area contributed by atoms with Gasteiger partial charge in [-0.25, -0.2) is 0 Å². The summed E-state index contributed by atoms with van der Waals surface area (Å²) in [6.45, 7) is 3.07. The van der Waals surface area contributed by atoms with Crippen molar-refractivity contribution >= 4 is 11.9 Å². The van der Waals surface area contributed by atoms with Crippen molar-refractivity contribution < 1.29 is 19.4 Å². The molecule has 90 valence electrons. The standard InChI is InChI=1S/C11H17NO4/c1-10(3-2-6-16-10)7-12-8(13)11(4-5-11)9(14)15/h2-7H2,1H3,(H,12,13)(H,14,15). The first-order valence-corrected chi connectivity index (χ1v) is 5.64. The Kier molecular flexibility index (Phi) is 2.66. The summed E-state index contributed by atoms with van der Waals surface area (Å²) in [5.74, 6) is -1.38. The van der Waals surface area contributed by atoms with Crippen LogP contribution in [0.1, 0.15) is 32.6 Å². The number of carbonyl (C=O) groups excluding carboxylic acids is 1. The largest absolute Gasteiger partial charge is 0.480 e. The van der Waals surface area contributed by atoms with Gasteiger partial charge in [-0.15, -0.1) is 0 Å². The Labute approximate surface area is 94.2 Å². The minimum absolute atomic E-state index is 0.315. The third-order valence-corrected chi connectivity index (χ3v) is 3.52. The molecule has 0 aromatic heterocycles. The molecule has 5 nitrogen and oxygen atoms in total. The quantitative estimate of drug-likeness (QED) is 0.687. The van der Waals surface area contributed by atoms with E-state index in [1.54, 1.807) is 0 Å². The summed E-state index contributed by atoms with van der Waals surface area (Å²) < 4.78 is 5.52. The van der Waals surface area contributed by atoms with E-state index in [1.165, 1.54) is 0 Å². The van der Waals surface area contributed by atoms with Crippen LogP contribution >= 0.6 is 0 Å². The number of hydrogen-bond acceptors (Lipinski definition) is 3. The van der Waals surface area contributed by atoms with Crippen LogP contribution in [0.25, 0.3) is 0 Å². The Morgan fingerprint density at radius 3 is 2.50 bits per heavy atom. The highest BCUT2D eigenvalue weighted by atomic mass is 16.5. The van der Waals surface area contributed by atoms with Gasteiger partial charge in [0, 0.05) is 13.2 Å². The molecule has 2 rings (SSSR count). The highest BCUT2D eigenvalue weighted by molar-refractivity contribution is 6.04. The van der Waals surface area contributed by atoms with Gasteiger partial charge in [0.1, 0.15) is 5.41 Å². The predicted octanol–water partition coefficient (Wildman–Crippen LogP) is 0.536. The second-order valence-electron chi connectivity index (χ2n) is 4.97. The zero-order valence-corrected chi connectivity index (χ0v) is 9.41. The van der Waals surface area contributed by atoms with Crippen LogP contribution in [0.3, 0.4) is 0 Å². The van der Waals surface area contributed by atoms with E-state index < -0.39 is 11.4 Å². The third kappa shape index (κ3) is 1.91. The van der Waals surface area contributed by atoms with Crippen molar-refractivity contribution in [1.29, 1.82) is 0 Å². The number of hydrogen-bond donors (Lipinski definition) is 2. The number of carboxylic acid groups (broad SMARTS) is 1. The summed E-state index contributed by atoms with van der Waals surface area (Å²) in [5, 5.41) is 11.6. The number of nitrogens with one attached hydrogen (secondary N) is 1. The van der Waals surface area contributed by atoms with Crippen LogP contribution in [0.4, 0.5) is 0 Å². The SMILES string of the molecule is CC1(CNC(=O)C2(C(=O)O)CC2)CCCO1. The van der Waals surface area contributed by atoms with Crippen molar-refractivity contribution in [3.8, 4) is 0 Å². The molecule has 0 spiro atoms. The Morgan fingerprint density at radius 2 is 2.06 bits per heavy atom. The maximum atomic E-state index is 11.7. The third-order valence-electron chi connectivity index (χ3n) is 3.52. The minimum Gasteiger partial charge on any atom is -0.480 e. The lowest BCUT2D eigenvalue weighted by Gasteiger charge is -2.24. The molecule has 2 N–H and O–H groups in total. The van der Waals surface area contributed by atoms with E-state index in [-0.39, 0.29) is 11.5 Å². The molecule has 0 aromatic rings. The van der Waals surface area contributed by atoms with Gasteiger partial charge in [-0.2, -0.15) is 0 Å². The number of carboxylic acids is 1. The van der Waals surface area contributed by atoms with E-state index in [2.05, 4.69) is 5.32 Å². The minimum atomic E-state index is -1.14. The lowest BCUT2D eigenvalue weighted by molar-refractivity contribution is -0.149. The predicted molar refractivity (Wildman–Crippen MR) is 55.9 cm³/mol. The first-order valence-electron chi connectivity index (χ1n) is 5.64. The fourth-order valence-electron chi connectivity index (χ4n) is 2.08. The Bertz CT molecular complexity index is 316. The summed E-state index contributed by atoms with van der Waals surface area (Å²) >= 11 is 0. The van der Waals surface area contributed by atoms with Crippen LogP contribution < -0.4 is 5.32 Å². The number of amides is 1. The number of carbonyl (C=O) groups is 2. The summed E-state index contributed by atoms with van der Waals surface area (Å²) in [6.07, 6.45) is 2.81. The van der Waals surface area contributed by atoms with E-state index in [0.717, 1.165) is 19.4 Å². The average Bonchev–Trinajstić information content (AvgIpc) is 2.95. The van der Waals surface area contributed by atoms with Gasteiger partial charge < -0.3 is 15.2 Å². The summed E-state index contributed by atoms with van der Waals surface area (Å²) in [4.78, 5) is 22.6. The molecule has 2 aliphatic rings. The van der Waals surface area contributed by atoms with Crippen molar-refractivity contribution in [2.75, 3.05) is 13.2 Å². The van der Waals surface area contributed by atoms with E-state index in [9.17, 15) is 9.59 Å². The Morgan fingerprint density at radius 1 is 1.38 bits per heavy atom. The molecular formula is C11H17NO4. The van der Waals surface area contributed by atoms with E-state index in [0.29, 0.717) is 19.4 Å². The topological polar surface area (TPSA) is 75.6 Å². The van der Waals surface area contributed by atoms with E-state index in [4.69, 9.17) is 9.84 Å². The molecular weight excluding hydrogens is 210 g/mol. The van der Waals surface area contributed by atoms with Gasteiger partial charge in [0.2, 0.25) is 5.91 Å². The normalized spacial score (nSPS) is 31.1. The molecule has 1 amide bonds. The number of rotatable bonds is 4. The molecule has 1 unspecified atom stereocenters. The molecule has 0 aromatic carbocycles. The monoisotopic (exact) mass is 227 g/mol. The second kappa shape index (κ2) is 3.73. The molecule has 0 radical (unpaired) electrons. The number of aliphatic carboxylic acids is 1. The lowest BCUT2D eigenvalue weighted by atomic mass is 10.0. The van der Waals surface area contributed by atoms with E-state index >= 15 is 0 Å². The molecule has 1 saturated carbocycles. The van der Waals surface area contributed by atoms with Crippen LogP contribution in [0.5, 0.6) is 0 Å². The molecule has 0 bridgehead atoms. The van der Waals surface area contributed by atoms with Crippen molar-refractivity contribution in [3.63, 3.8) is 0 Å². The zero-order chi connectivity index (χ0) is 11.8. The Balaban J connectivity index is 1.87. The van der Waals surface area contributed by atoms with Gasteiger partial charge in [0.25, 0.3) is 0 Å². The number of ether oxygens (including phenoxy) is 1. The molecule has 2 fully saturated rings. The van der Waals surface area contributed by atoms with Gasteiger partial charge in [-0.3, -0.25) is 9.59 Å². The maximum Gasteiger partial charge on any atom is 0.319 e. The van der Waals surface area contributed by atoms with Gasteiger partial charge in [-0.1, -0.05) is 0 Å². The molecule has 16 heavy (non-hydrogen) atoms. The fraction of sp³-hybridized carbons (Fsp3) is 0.818. The average molecular weight is 227 g/mol. The summed E-state index contributed by atoms with van der Waals surface area (Å²) in [7, 11) is 0. The maximum absolute atomic E-state index is 11.7. The smallest absolute Gasteiger partial charge is 0.319 e. The van der Waals surface area contributed by atoms with Gasteiger partial charge in [0.05, 0.1) is 5.60 Å². The van der Waals surface area contributed by atoms with Crippen LogP contribution in [0, 0.1) is 5.41 Å². The van der Waals surface area contributed by atoms with Gasteiger partial charge in [-0.05, 0) is 32.6 Å². The molecule has 5 heteroatoms. The molecule has 1 atom stereocenters. The van der Waals surface area contributed by atoms with Gasteiger partial charge in [0.15, 0.2) is 0 Å². The highest BCUT2D eigenvalue weighted by Crippen LogP contribution is 2.46. The Hall–Kier alpha value is -1.10. The van der Waals surface area contributed by atoms with Crippen LogP contribution in [-0.2, 0) is 14.3 Å². The van der Waals surface area contributed by atoms with Crippen molar-refractivity contribution in [2.24, 2.45) is 5.41 Å². The first kappa shape index (κ1) is 11.4.